The average molecular weight is 250 g/mol. The van der Waals surface area contributed by atoms with Crippen LogP contribution >= 0.6 is 0 Å². The van der Waals surface area contributed by atoms with Crippen LogP contribution in [0.2, 0.25) is 0 Å². The molecule has 4 heteroatoms. The zero-order valence-corrected chi connectivity index (χ0v) is 11.0. The van der Waals surface area contributed by atoms with Gasteiger partial charge in [0.15, 0.2) is 5.75 Å². The molecule has 0 aliphatic carbocycles. The van der Waals surface area contributed by atoms with E-state index < -0.39 is 0 Å². The summed E-state index contributed by atoms with van der Waals surface area (Å²) in [4.78, 5) is 4.25. The van der Waals surface area contributed by atoms with Crippen LogP contribution in [-0.2, 0) is 0 Å². The maximum atomic E-state index is 5.81. The minimum absolute atomic E-state index is 0.629. The first-order valence-corrected chi connectivity index (χ1v) is 6.81. The molecule has 0 amide bonds. The topological polar surface area (TPSA) is 43.4 Å². The van der Waals surface area contributed by atoms with Gasteiger partial charge in [0.25, 0.3) is 5.88 Å². The molecule has 0 bridgehead atoms. The standard InChI is InChI=1S/C14H22N2O2/c1-2-10-17-13-4-3-7-16-14(13)18-11-12-5-8-15-9-6-12/h3-4,7,12,15H,2,5-6,8-11H2,1H3. The number of nitrogens with zero attached hydrogens (tertiary/aromatic N) is 1. The Morgan fingerprint density at radius 1 is 1.33 bits per heavy atom. The van der Waals surface area contributed by atoms with Crippen molar-refractivity contribution in [3.63, 3.8) is 0 Å². The van der Waals surface area contributed by atoms with Crippen LogP contribution in [0.4, 0.5) is 0 Å². The normalized spacial score (nSPS) is 16.5. The summed E-state index contributed by atoms with van der Waals surface area (Å²) in [6.45, 7) is 5.72. The molecule has 100 valence electrons. The maximum Gasteiger partial charge on any atom is 0.256 e. The lowest BCUT2D eigenvalue weighted by molar-refractivity contribution is 0.196. The maximum absolute atomic E-state index is 5.81. The fraction of sp³-hybridized carbons (Fsp3) is 0.643. The lowest BCUT2D eigenvalue weighted by Crippen LogP contribution is -2.30. The van der Waals surface area contributed by atoms with E-state index in [1.165, 1.54) is 12.8 Å². The number of rotatable bonds is 6. The molecule has 0 unspecified atom stereocenters. The summed E-state index contributed by atoms with van der Waals surface area (Å²) in [5.74, 6) is 2.02. The SMILES string of the molecule is CCCOc1cccnc1OCC1CCNCC1. The highest BCUT2D eigenvalue weighted by Crippen LogP contribution is 2.25. The molecular formula is C14H22N2O2. The van der Waals surface area contributed by atoms with Crippen molar-refractivity contribution in [1.29, 1.82) is 0 Å². The van der Waals surface area contributed by atoms with Crippen molar-refractivity contribution < 1.29 is 9.47 Å². The van der Waals surface area contributed by atoms with Crippen molar-refractivity contribution >= 4 is 0 Å². The first-order chi connectivity index (χ1) is 8.90. The number of hydrogen-bond donors (Lipinski definition) is 1. The number of aromatic nitrogens is 1. The summed E-state index contributed by atoms with van der Waals surface area (Å²) in [5, 5.41) is 3.36. The smallest absolute Gasteiger partial charge is 0.256 e. The molecule has 1 aromatic heterocycles. The predicted molar refractivity (Wildman–Crippen MR) is 71.1 cm³/mol. The molecule has 1 fully saturated rings. The van der Waals surface area contributed by atoms with Crippen LogP contribution in [0.15, 0.2) is 18.3 Å². The van der Waals surface area contributed by atoms with Gasteiger partial charge in [-0.15, -0.1) is 0 Å². The second kappa shape index (κ2) is 7.21. The van der Waals surface area contributed by atoms with E-state index in [4.69, 9.17) is 9.47 Å². The molecule has 4 nitrogen and oxygen atoms in total. The minimum Gasteiger partial charge on any atom is -0.488 e. The van der Waals surface area contributed by atoms with E-state index in [1.807, 2.05) is 12.1 Å². The Morgan fingerprint density at radius 3 is 2.94 bits per heavy atom. The van der Waals surface area contributed by atoms with Gasteiger partial charge in [-0.1, -0.05) is 6.92 Å². The van der Waals surface area contributed by atoms with E-state index in [0.29, 0.717) is 18.4 Å². The quantitative estimate of drug-likeness (QED) is 0.841. The molecule has 1 aliphatic heterocycles. The minimum atomic E-state index is 0.629. The van der Waals surface area contributed by atoms with Crippen molar-refractivity contribution in [3.8, 4) is 11.6 Å². The van der Waals surface area contributed by atoms with Gasteiger partial charge in [0.1, 0.15) is 0 Å². The van der Waals surface area contributed by atoms with Gasteiger partial charge in [0, 0.05) is 6.20 Å². The molecule has 0 atom stereocenters. The Labute approximate surface area is 109 Å². The van der Waals surface area contributed by atoms with Crippen molar-refractivity contribution in [2.45, 2.75) is 26.2 Å². The average Bonchev–Trinajstić information content (AvgIpc) is 2.45. The number of nitrogens with one attached hydrogen (secondary N) is 1. The summed E-state index contributed by atoms with van der Waals surface area (Å²) in [6.07, 6.45) is 5.09. The molecule has 0 radical (unpaired) electrons. The Bertz CT molecular complexity index is 351. The first-order valence-electron chi connectivity index (χ1n) is 6.81. The highest BCUT2D eigenvalue weighted by Gasteiger charge is 2.15. The van der Waals surface area contributed by atoms with E-state index in [9.17, 15) is 0 Å². The van der Waals surface area contributed by atoms with Crippen LogP contribution in [0.25, 0.3) is 0 Å². The van der Waals surface area contributed by atoms with Gasteiger partial charge in [-0.2, -0.15) is 0 Å². The second-order valence-corrected chi connectivity index (χ2v) is 4.66. The van der Waals surface area contributed by atoms with Gasteiger partial charge < -0.3 is 14.8 Å². The molecule has 2 rings (SSSR count). The van der Waals surface area contributed by atoms with Crippen LogP contribution < -0.4 is 14.8 Å². The largest absolute Gasteiger partial charge is 0.488 e. The third-order valence-electron chi connectivity index (χ3n) is 3.11. The predicted octanol–water partition coefficient (Wildman–Crippen LogP) is 2.25. The molecule has 2 heterocycles. The summed E-state index contributed by atoms with van der Waals surface area (Å²) in [6, 6.07) is 3.79. The van der Waals surface area contributed by atoms with E-state index in [2.05, 4.69) is 17.2 Å². The Morgan fingerprint density at radius 2 is 2.17 bits per heavy atom. The monoisotopic (exact) mass is 250 g/mol. The summed E-state index contributed by atoms with van der Waals surface area (Å²) >= 11 is 0. The highest BCUT2D eigenvalue weighted by molar-refractivity contribution is 5.32. The first kappa shape index (κ1) is 13.1. The van der Waals surface area contributed by atoms with Crippen LogP contribution in [0.3, 0.4) is 0 Å². The molecule has 18 heavy (non-hydrogen) atoms. The summed E-state index contributed by atoms with van der Waals surface area (Å²) < 4.78 is 11.4. The van der Waals surface area contributed by atoms with Crippen molar-refractivity contribution in [2.24, 2.45) is 5.92 Å². The number of pyridine rings is 1. The van der Waals surface area contributed by atoms with Crippen LogP contribution in [0.1, 0.15) is 26.2 Å². The number of piperidine rings is 1. The molecule has 0 saturated carbocycles. The van der Waals surface area contributed by atoms with Gasteiger partial charge in [0.2, 0.25) is 0 Å². The Kier molecular flexibility index (Phi) is 5.27. The van der Waals surface area contributed by atoms with E-state index in [0.717, 1.165) is 31.9 Å². The van der Waals surface area contributed by atoms with Crippen molar-refractivity contribution in [2.75, 3.05) is 26.3 Å². The van der Waals surface area contributed by atoms with E-state index >= 15 is 0 Å². The lowest BCUT2D eigenvalue weighted by Gasteiger charge is -2.22. The highest BCUT2D eigenvalue weighted by atomic mass is 16.5. The summed E-state index contributed by atoms with van der Waals surface area (Å²) in [5.41, 5.74) is 0. The molecule has 0 spiro atoms. The third kappa shape index (κ3) is 3.88. The molecule has 1 aliphatic rings. The molecule has 1 N–H and O–H groups in total. The zero-order chi connectivity index (χ0) is 12.6. The molecular weight excluding hydrogens is 228 g/mol. The molecule has 1 saturated heterocycles. The number of ether oxygens (including phenoxy) is 2. The second-order valence-electron chi connectivity index (χ2n) is 4.66. The van der Waals surface area contributed by atoms with Crippen molar-refractivity contribution in [3.05, 3.63) is 18.3 Å². The lowest BCUT2D eigenvalue weighted by atomic mass is 9.99. The van der Waals surface area contributed by atoms with Gasteiger partial charge in [0.05, 0.1) is 13.2 Å². The third-order valence-corrected chi connectivity index (χ3v) is 3.11. The fourth-order valence-electron chi connectivity index (χ4n) is 2.05. The number of hydrogen-bond acceptors (Lipinski definition) is 4. The van der Waals surface area contributed by atoms with Gasteiger partial charge >= 0.3 is 0 Å². The fourth-order valence-corrected chi connectivity index (χ4v) is 2.05. The van der Waals surface area contributed by atoms with Crippen LogP contribution in [-0.4, -0.2) is 31.3 Å². The van der Waals surface area contributed by atoms with E-state index in [1.54, 1.807) is 6.20 Å². The van der Waals surface area contributed by atoms with Gasteiger partial charge in [-0.25, -0.2) is 4.98 Å². The zero-order valence-electron chi connectivity index (χ0n) is 11.0. The summed E-state index contributed by atoms with van der Waals surface area (Å²) in [7, 11) is 0. The van der Waals surface area contributed by atoms with Crippen molar-refractivity contribution in [1.82, 2.24) is 10.3 Å². The Hall–Kier alpha value is -1.29. The molecule has 1 aromatic rings. The van der Waals surface area contributed by atoms with E-state index in [-0.39, 0.29) is 0 Å². The Balaban J connectivity index is 1.87. The van der Waals surface area contributed by atoms with Gasteiger partial charge in [-0.3, -0.25) is 0 Å². The molecule has 0 aromatic carbocycles. The van der Waals surface area contributed by atoms with Crippen LogP contribution in [0.5, 0.6) is 11.6 Å². The van der Waals surface area contributed by atoms with Gasteiger partial charge in [-0.05, 0) is 50.4 Å². The van der Waals surface area contributed by atoms with Crippen LogP contribution in [0, 0.1) is 5.92 Å².